The third-order valence-electron chi connectivity index (χ3n) is 1.76. The fraction of sp³-hybridized carbons (Fsp3) is 0.500. The van der Waals surface area contributed by atoms with E-state index in [0.29, 0.717) is 5.69 Å². The van der Waals surface area contributed by atoms with E-state index in [-0.39, 0.29) is 18.5 Å². The maximum absolute atomic E-state index is 13.3. The van der Waals surface area contributed by atoms with Crippen LogP contribution in [0.5, 0.6) is 0 Å². The summed E-state index contributed by atoms with van der Waals surface area (Å²) in [4.78, 5) is 7.26. The van der Waals surface area contributed by atoms with Crippen molar-refractivity contribution in [3.63, 3.8) is 0 Å². The molecule has 1 aromatic heterocycles. The number of rotatable bonds is 3. The molecule has 0 unspecified atom stereocenters. The van der Waals surface area contributed by atoms with Gasteiger partial charge in [0.15, 0.2) is 0 Å². The van der Waals surface area contributed by atoms with Crippen molar-refractivity contribution in [3.8, 4) is 0 Å². The van der Waals surface area contributed by atoms with Gasteiger partial charge in [0.05, 0.1) is 5.56 Å². The molecule has 0 aliphatic carbocycles. The van der Waals surface area contributed by atoms with Crippen LogP contribution in [0.1, 0.15) is 17.7 Å². The predicted molar refractivity (Wildman–Crippen MR) is 44.3 cm³/mol. The molecular formula is C8H11F2N3. The van der Waals surface area contributed by atoms with Crippen molar-refractivity contribution in [2.75, 3.05) is 6.54 Å². The average Bonchev–Trinajstić information content (AvgIpc) is 2.04. The molecule has 0 bridgehead atoms. The minimum atomic E-state index is -2.92. The van der Waals surface area contributed by atoms with Crippen molar-refractivity contribution in [1.29, 1.82) is 0 Å². The minimum Gasteiger partial charge on any atom is -0.330 e. The zero-order valence-corrected chi connectivity index (χ0v) is 7.30. The van der Waals surface area contributed by atoms with Gasteiger partial charge in [-0.1, -0.05) is 0 Å². The summed E-state index contributed by atoms with van der Waals surface area (Å²) in [6, 6.07) is 0. The maximum atomic E-state index is 13.3. The van der Waals surface area contributed by atoms with E-state index in [2.05, 4.69) is 9.97 Å². The third-order valence-corrected chi connectivity index (χ3v) is 1.76. The van der Waals surface area contributed by atoms with Crippen LogP contribution in [0.25, 0.3) is 0 Å². The number of aromatic nitrogens is 2. The van der Waals surface area contributed by atoms with Crippen LogP contribution in [0.2, 0.25) is 0 Å². The van der Waals surface area contributed by atoms with E-state index >= 15 is 0 Å². The molecule has 0 radical (unpaired) electrons. The molecule has 5 heteroatoms. The molecular weight excluding hydrogens is 176 g/mol. The van der Waals surface area contributed by atoms with E-state index in [9.17, 15) is 8.78 Å². The Balaban J connectivity index is 2.99. The van der Waals surface area contributed by atoms with Crippen LogP contribution in [0.4, 0.5) is 8.78 Å². The van der Waals surface area contributed by atoms with E-state index in [0.717, 1.165) is 6.20 Å². The second-order valence-electron chi connectivity index (χ2n) is 2.76. The Hall–Kier alpha value is -1.10. The SMILES string of the molecule is Cc1ncncc1C(F)(F)CCN. The number of hydrogen-bond donors (Lipinski definition) is 1. The van der Waals surface area contributed by atoms with E-state index in [1.54, 1.807) is 0 Å². The molecule has 0 fully saturated rings. The predicted octanol–water partition coefficient (Wildman–Crippen LogP) is 1.23. The van der Waals surface area contributed by atoms with Crippen LogP contribution in [0.15, 0.2) is 12.5 Å². The standard InChI is InChI=1S/C8H11F2N3/c1-6-7(4-12-5-13-6)8(9,10)2-3-11/h4-5H,2-3,11H2,1H3. The summed E-state index contributed by atoms with van der Waals surface area (Å²) >= 11 is 0. The minimum absolute atomic E-state index is 0.0542. The van der Waals surface area contributed by atoms with Crippen LogP contribution >= 0.6 is 0 Å². The van der Waals surface area contributed by atoms with Gasteiger partial charge in [-0.2, -0.15) is 0 Å². The highest BCUT2D eigenvalue weighted by Crippen LogP contribution is 2.31. The van der Waals surface area contributed by atoms with Crippen molar-refractivity contribution in [2.24, 2.45) is 5.73 Å². The number of alkyl halides is 2. The van der Waals surface area contributed by atoms with Crippen molar-refractivity contribution in [1.82, 2.24) is 9.97 Å². The summed E-state index contributed by atoms with van der Waals surface area (Å²) in [7, 11) is 0. The Labute approximate surface area is 75.0 Å². The molecule has 0 spiro atoms. The Bertz CT molecular complexity index is 288. The lowest BCUT2D eigenvalue weighted by molar-refractivity contribution is -0.0120. The normalized spacial score (nSPS) is 11.7. The first kappa shape index (κ1) is 9.98. The summed E-state index contributed by atoms with van der Waals surface area (Å²) in [6.07, 6.45) is 2.01. The molecule has 13 heavy (non-hydrogen) atoms. The molecule has 3 nitrogen and oxygen atoms in total. The molecule has 0 aliphatic rings. The van der Waals surface area contributed by atoms with Gasteiger partial charge in [-0.05, 0) is 13.5 Å². The van der Waals surface area contributed by atoms with Crippen molar-refractivity contribution in [2.45, 2.75) is 19.3 Å². The number of nitrogens with zero attached hydrogens (tertiary/aromatic N) is 2. The quantitative estimate of drug-likeness (QED) is 0.774. The van der Waals surface area contributed by atoms with E-state index in [1.165, 1.54) is 13.3 Å². The molecule has 0 aliphatic heterocycles. The molecule has 1 heterocycles. The summed E-state index contributed by atoms with van der Waals surface area (Å²) < 4.78 is 26.5. The number of nitrogens with two attached hydrogens (primary N) is 1. The topological polar surface area (TPSA) is 51.8 Å². The van der Waals surface area contributed by atoms with Gasteiger partial charge in [-0.15, -0.1) is 0 Å². The van der Waals surface area contributed by atoms with Crippen molar-refractivity contribution in [3.05, 3.63) is 23.8 Å². The largest absolute Gasteiger partial charge is 0.330 e. The molecule has 0 atom stereocenters. The Kier molecular flexibility index (Phi) is 2.87. The van der Waals surface area contributed by atoms with Crippen LogP contribution in [-0.2, 0) is 5.92 Å². The van der Waals surface area contributed by atoms with Gasteiger partial charge in [0.25, 0.3) is 5.92 Å². The van der Waals surface area contributed by atoms with Gasteiger partial charge in [0.2, 0.25) is 0 Å². The molecule has 0 aromatic carbocycles. The van der Waals surface area contributed by atoms with Crippen LogP contribution in [0.3, 0.4) is 0 Å². The smallest absolute Gasteiger partial charge is 0.277 e. The summed E-state index contributed by atoms with van der Waals surface area (Å²) in [6.45, 7) is 1.47. The van der Waals surface area contributed by atoms with Gasteiger partial charge in [-0.3, -0.25) is 0 Å². The lowest BCUT2D eigenvalue weighted by Gasteiger charge is -2.16. The van der Waals surface area contributed by atoms with Gasteiger partial charge in [0.1, 0.15) is 6.33 Å². The maximum Gasteiger partial charge on any atom is 0.277 e. The number of aryl methyl sites for hydroxylation is 1. The van der Waals surface area contributed by atoms with Crippen LogP contribution in [-0.4, -0.2) is 16.5 Å². The molecule has 0 saturated carbocycles. The summed E-state index contributed by atoms with van der Waals surface area (Å²) in [5, 5.41) is 0. The number of hydrogen-bond acceptors (Lipinski definition) is 3. The third kappa shape index (κ3) is 2.18. The Morgan fingerprint density at radius 1 is 1.54 bits per heavy atom. The van der Waals surface area contributed by atoms with Crippen LogP contribution in [0, 0.1) is 6.92 Å². The first-order chi connectivity index (χ1) is 6.08. The molecule has 0 amide bonds. The Morgan fingerprint density at radius 3 is 2.77 bits per heavy atom. The second kappa shape index (κ2) is 3.74. The average molecular weight is 187 g/mol. The molecule has 2 N–H and O–H groups in total. The Morgan fingerprint density at radius 2 is 2.23 bits per heavy atom. The summed E-state index contributed by atoms with van der Waals surface area (Å²) in [5.41, 5.74) is 5.24. The van der Waals surface area contributed by atoms with Crippen LogP contribution < -0.4 is 5.73 Å². The highest BCUT2D eigenvalue weighted by Gasteiger charge is 2.32. The number of halogens is 2. The molecule has 1 aromatic rings. The first-order valence-corrected chi connectivity index (χ1v) is 3.93. The van der Waals surface area contributed by atoms with Gasteiger partial charge >= 0.3 is 0 Å². The van der Waals surface area contributed by atoms with E-state index in [4.69, 9.17) is 5.73 Å². The first-order valence-electron chi connectivity index (χ1n) is 3.93. The molecule has 0 saturated heterocycles. The zero-order valence-electron chi connectivity index (χ0n) is 7.30. The highest BCUT2D eigenvalue weighted by molar-refractivity contribution is 5.19. The highest BCUT2D eigenvalue weighted by atomic mass is 19.3. The fourth-order valence-electron chi connectivity index (χ4n) is 1.07. The van der Waals surface area contributed by atoms with Gasteiger partial charge in [-0.25, -0.2) is 18.7 Å². The monoisotopic (exact) mass is 187 g/mol. The van der Waals surface area contributed by atoms with Gasteiger partial charge in [0, 0.05) is 18.3 Å². The lowest BCUT2D eigenvalue weighted by Crippen LogP contribution is -2.20. The lowest BCUT2D eigenvalue weighted by atomic mass is 10.1. The fourth-order valence-corrected chi connectivity index (χ4v) is 1.07. The van der Waals surface area contributed by atoms with E-state index in [1.807, 2.05) is 0 Å². The molecule has 1 rings (SSSR count). The zero-order chi connectivity index (χ0) is 9.90. The second-order valence-corrected chi connectivity index (χ2v) is 2.76. The van der Waals surface area contributed by atoms with Crippen molar-refractivity contribution >= 4 is 0 Å². The van der Waals surface area contributed by atoms with Gasteiger partial charge < -0.3 is 5.73 Å². The summed E-state index contributed by atoms with van der Waals surface area (Å²) in [5.74, 6) is -2.92. The van der Waals surface area contributed by atoms with Crippen molar-refractivity contribution < 1.29 is 8.78 Å². The van der Waals surface area contributed by atoms with E-state index < -0.39 is 5.92 Å². The molecule has 72 valence electrons.